The summed E-state index contributed by atoms with van der Waals surface area (Å²) >= 11 is 0. The van der Waals surface area contributed by atoms with Crippen LogP contribution < -0.4 is 5.69 Å². The van der Waals surface area contributed by atoms with Crippen LogP contribution in [0.1, 0.15) is 5.82 Å². The highest BCUT2D eigenvalue weighted by molar-refractivity contribution is 5.31. The highest BCUT2D eigenvalue weighted by Crippen LogP contribution is 2.11. The summed E-state index contributed by atoms with van der Waals surface area (Å²) in [6.07, 6.45) is 0.159. The van der Waals surface area contributed by atoms with Crippen LogP contribution in [0, 0.1) is 6.92 Å². The Morgan fingerprint density at radius 3 is 2.76 bits per heavy atom. The number of epoxide rings is 1. The molecular formula is C12H13N3O2. The maximum absolute atomic E-state index is 12.2. The molecule has 0 spiro atoms. The molecule has 1 aromatic heterocycles. The Morgan fingerprint density at radius 1 is 1.41 bits per heavy atom. The van der Waals surface area contributed by atoms with E-state index < -0.39 is 0 Å². The fourth-order valence-corrected chi connectivity index (χ4v) is 1.88. The summed E-state index contributed by atoms with van der Waals surface area (Å²) < 4.78 is 8.20. The van der Waals surface area contributed by atoms with Gasteiger partial charge in [0.1, 0.15) is 11.9 Å². The van der Waals surface area contributed by atoms with Gasteiger partial charge in [0, 0.05) is 0 Å². The van der Waals surface area contributed by atoms with E-state index in [4.69, 9.17) is 4.74 Å². The molecule has 88 valence electrons. The zero-order chi connectivity index (χ0) is 11.8. The molecule has 17 heavy (non-hydrogen) atoms. The number of benzene rings is 1. The van der Waals surface area contributed by atoms with E-state index in [-0.39, 0.29) is 11.8 Å². The molecule has 0 saturated carbocycles. The SMILES string of the molecule is Cc1nn(CC2CO2)c(=O)n1-c1ccccc1. The van der Waals surface area contributed by atoms with Crippen LogP contribution in [0.5, 0.6) is 0 Å². The Morgan fingerprint density at radius 2 is 2.12 bits per heavy atom. The minimum Gasteiger partial charge on any atom is -0.371 e. The lowest BCUT2D eigenvalue weighted by molar-refractivity contribution is 0.369. The van der Waals surface area contributed by atoms with E-state index in [1.54, 1.807) is 4.57 Å². The molecule has 2 heterocycles. The summed E-state index contributed by atoms with van der Waals surface area (Å²) in [5, 5.41) is 4.25. The second-order valence-electron chi connectivity index (χ2n) is 4.14. The van der Waals surface area contributed by atoms with Gasteiger partial charge in [0.15, 0.2) is 0 Å². The van der Waals surface area contributed by atoms with Gasteiger partial charge in [-0.25, -0.2) is 14.0 Å². The molecule has 0 aliphatic carbocycles. The van der Waals surface area contributed by atoms with Crippen molar-refractivity contribution in [1.29, 1.82) is 0 Å². The number of aromatic nitrogens is 3. The van der Waals surface area contributed by atoms with Crippen LogP contribution in [0.3, 0.4) is 0 Å². The molecule has 1 fully saturated rings. The van der Waals surface area contributed by atoms with Crippen LogP contribution in [0.25, 0.3) is 5.69 Å². The van der Waals surface area contributed by atoms with Crippen molar-refractivity contribution in [3.63, 3.8) is 0 Å². The summed E-state index contributed by atoms with van der Waals surface area (Å²) in [7, 11) is 0. The van der Waals surface area contributed by atoms with Crippen molar-refractivity contribution in [2.24, 2.45) is 0 Å². The maximum atomic E-state index is 12.2. The third-order valence-corrected chi connectivity index (χ3v) is 2.79. The minimum absolute atomic E-state index is 0.107. The summed E-state index contributed by atoms with van der Waals surface area (Å²) in [5.41, 5.74) is 0.738. The molecule has 0 amide bonds. The fourth-order valence-electron chi connectivity index (χ4n) is 1.88. The maximum Gasteiger partial charge on any atom is 0.350 e. The molecule has 1 aromatic carbocycles. The van der Waals surface area contributed by atoms with Crippen LogP contribution in [0.4, 0.5) is 0 Å². The normalized spacial score (nSPS) is 18.3. The summed E-state index contributed by atoms with van der Waals surface area (Å²) in [4.78, 5) is 12.2. The van der Waals surface area contributed by atoms with Crippen molar-refractivity contribution in [3.8, 4) is 5.69 Å². The Hall–Kier alpha value is -1.88. The van der Waals surface area contributed by atoms with Gasteiger partial charge in [0.25, 0.3) is 0 Å². The number of rotatable bonds is 3. The van der Waals surface area contributed by atoms with Crippen molar-refractivity contribution in [1.82, 2.24) is 14.3 Å². The van der Waals surface area contributed by atoms with Gasteiger partial charge in [-0.2, -0.15) is 5.10 Å². The van der Waals surface area contributed by atoms with Crippen molar-refractivity contribution < 1.29 is 4.74 Å². The quantitative estimate of drug-likeness (QED) is 0.732. The number of nitrogens with zero attached hydrogens (tertiary/aromatic N) is 3. The van der Waals surface area contributed by atoms with Crippen LogP contribution in [0.15, 0.2) is 35.1 Å². The summed E-state index contributed by atoms with van der Waals surface area (Å²) in [6.45, 7) is 3.10. The Balaban J connectivity index is 2.04. The van der Waals surface area contributed by atoms with Gasteiger partial charge in [-0.15, -0.1) is 0 Å². The molecular weight excluding hydrogens is 218 g/mol. The molecule has 0 bridgehead atoms. The number of ether oxygens (including phenoxy) is 1. The Bertz CT molecular complexity index is 582. The topological polar surface area (TPSA) is 52.4 Å². The van der Waals surface area contributed by atoms with Gasteiger partial charge in [-0.05, 0) is 19.1 Å². The molecule has 1 atom stereocenters. The Kier molecular flexibility index (Phi) is 2.33. The number of hydrogen-bond acceptors (Lipinski definition) is 3. The van der Waals surface area contributed by atoms with Crippen LogP contribution in [-0.4, -0.2) is 27.1 Å². The first-order valence-corrected chi connectivity index (χ1v) is 5.59. The van der Waals surface area contributed by atoms with Gasteiger partial charge < -0.3 is 4.74 Å². The zero-order valence-electron chi connectivity index (χ0n) is 9.54. The van der Waals surface area contributed by atoms with Crippen LogP contribution in [0.2, 0.25) is 0 Å². The summed E-state index contributed by atoms with van der Waals surface area (Å²) in [5.74, 6) is 0.696. The molecule has 5 nitrogen and oxygen atoms in total. The third kappa shape index (κ3) is 1.89. The smallest absolute Gasteiger partial charge is 0.350 e. The average Bonchev–Trinajstić information content (AvgIpc) is 3.09. The lowest BCUT2D eigenvalue weighted by atomic mass is 10.3. The van der Waals surface area contributed by atoms with Crippen molar-refractivity contribution in [2.75, 3.05) is 6.61 Å². The largest absolute Gasteiger partial charge is 0.371 e. The van der Waals surface area contributed by atoms with E-state index in [0.29, 0.717) is 12.4 Å². The lowest BCUT2D eigenvalue weighted by Gasteiger charge is -2.00. The molecule has 3 rings (SSSR count). The molecule has 2 aromatic rings. The van der Waals surface area contributed by atoms with Gasteiger partial charge in [-0.1, -0.05) is 18.2 Å². The van der Waals surface area contributed by atoms with Crippen LogP contribution in [-0.2, 0) is 11.3 Å². The second kappa shape index (κ2) is 3.85. The first kappa shape index (κ1) is 10.3. The van der Waals surface area contributed by atoms with E-state index in [1.165, 1.54) is 4.68 Å². The molecule has 5 heteroatoms. The predicted octanol–water partition coefficient (Wildman–Crippen LogP) is 0.741. The van der Waals surface area contributed by atoms with Gasteiger partial charge in [0.05, 0.1) is 18.8 Å². The molecule has 1 unspecified atom stereocenters. The zero-order valence-corrected chi connectivity index (χ0v) is 9.54. The lowest BCUT2D eigenvalue weighted by Crippen LogP contribution is -2.25. The van der Waals surface area contributed by atoms with E-state index in [1.807, 2.05) is 37.3 Å². The van der Waals surface area contributed by atoms with Crippen molar-refractivity contribution >= 4 is 0 Å². The van der Waals surface area contributed by atoms with E-state index >= 15 is 0 Å². The highest BCUT2D eigenvalue weighted by atomic mass is 16.6. The number of aryl methyl sites for hydroxylation is 1. The van der Waals surface area contributed by atoms with Crippen LogP contribution >= 0.6 is 0 Å². The number of hydrogen-bond donors (Lipinski definition) is 0. The summed E-state index contributed by atoms with van der Waals surface area (Å²) in [6, 6.07) is 9.53. The van der Waals surface area contributed by atoms with E-state index in [9.17, 15) is 4.79 Å². The van der Waals surface area contributed by atoms with Gasteiger partial charge in [0.2, 0.25) is 0 Å². The second-order valence-corrected chi connectivity index (χ2v) is 4.14. The number of para-hydroxylation sites is 1. The van der Waals surface area contributed by atoms with E-state index in [2.05, 4.69) is 5.10 Å². The Labute approximate surface area is 98.3 Å². The molecule has 0 N–H and O–H groups in total. The third-order valence-electron chi connectivity index (χ3n) is 2.79. The standard InChI is InChI=1S/C12H13N3O2/c1-9-13-14(7-11-8-17-11)12(16)15(9)10-5-3-2-4-6-10/h2-6,11H,7-8H2,1H3. The molecule has 0 radical (unpaired) electrons. The molecule has 1 aliphatic heterocycles. The van der Waals surface area contributed by atoms with Gasteiger partial charge in [-0.3, -0.25) is 0 Å². The molecule has 1 saturated heterocycles. The van der Waals surface area contributed by atoms with Crippen molar-refractivity contribution in [3.05, 3.63) is 46.6 Å². The predicted molar refractivity (Wildman–Crippen MR) is 62.3 cm³/mol. The van der Waals surface area contributed by atoms with Gasteiger partial charge >= 0.3 is 5.69 Å². The highest BCUT2D eigenvalue weighted by Gasteiger charge is 2.25. The molecule has 1 aliphatic rings. The first-order valence-electron chi connectivity index (χ1n) is 5.59. The monoisotopic (exact) mass is 231 g/mol. The van der Waals surface area contributed by atoms with Crippen molar-refractivity contribution in [2.45, 2.75) is 19.6 Å². The van der Waals surface area contributed by atoms with E-state index in [0.717, 1.165) is 12.3 Å². The average molecular weight is 231 g/mol. The minimum atomic E-state index is -0.107. The fraction of sp³-hybridized carbons (Fsp3) is 0.333. The first-order chi connectivity index (χ1) is 8.25.